The fraction of sp³-hybridized carbons (Fsp3) is 0.533. The van der Waals surface area contributed by atoms with Crippen molar-refractivity contribution < 1.29 is 9.94 Å². The lowest BCUT2D eigenvalue weighted by atomic mass is 10.1. The first-order chi connectivity index (χ1) is 9.56. The number of hydrogen-bond acceptors (Lipinski definition) is 4. The molecule has 0 amide bonds. The van der Waals surface area contributed by atoms with E-state index >= 15 is 0 Å². The van der Waals surface area contributed by atoms with Crippen molar-refractivity contribution in [3.8, 4) is 5.75 Å². The normalized spacial score (nSPS) is 12.2. The summed E-state index contributed by atoms with van der Waals surface area (Å²) in [5, 5.41) is 11.6. The van der Waals surface area contributed by atoms with Crippen LogP contribution in [0.15, 0.2) is 29.4 Å². The summed E-state index contributed by atoms with van der Waals surface area (Å²) in [5.41, 5.74) is 6.80. The zero-order chi connectivity index (χ0) is 15.0. The van der Waals surface area contributed by atoms with E-state index in [0.29, 0.717) is 12.5 Å². The maximum absolute atomic E-state index is 8.58. The first-order valence-electron chi connectivity index (χ1n) is 6.90. The Labute approximate surface area is 121 Å². The van der Waals surface area contributed by atoms with Crippen molar-refractivity contribution in [2.75, 3.05) is 20.2 Å². The van der Waals surface area contributed by atoms with Crippen LogP contribution in [0, 0.1) is 0 Å². The molecule has 0 aliphatic carbocycles. The van der Waals surface area contributed by atoms with Gasteiger partial charge in [-0.25, -0.2) is 0 Å². The third-order valence-electron chi connectivity index (χ3n) is 3.36. The summed E-state index contributed by atoms with van der Waals surface area (Å²) in [7, 11) is 1.67. The van der Waals surface area contributed by atoms with E-state index in [1.54, 1.807) is 7.11 Å². The van der Waals surface area contributed by atoms with Gasteiger partial charge in [0.1, 0.15) is 11.6 Å². The van der Waals surface area contributed by atoms with Crippen LogP contribution in [0.25, 0.3) is 0 Å². The first kappa shape index (κ1) is 16.3. The molecular weight excluding hydrogens is 254 g/mol. The number of oxime groups is 1. The van der Waals surface area contributed by atoms with Gasteiger partial charge in [0.25, 0.3) is 0 Å². The molecule has 3 N–H and O–H groups in total. The van der Waals surface area contributed by atoms with Crippen LogP contribution < -0.4 is 10.5 Å². The molecule has 0 saturated heterocycles. The molecule has 0 unspecified atom stereocenters. The van der Waals surface area contributed by atoms with Crippen molar-refractivity contribution in [1.29, 1.82) is 0 Å². The summed E-state index contributed by atoms with van der Waals surface area (Å²) in [6.07, 6.45) is 1.55. The Kier molecular flexibility index (Phi) is 6.87. The van der Waals surface area contributed by atoms with Crippen LogP contribution in [0.1, 0.15) is 25.8 Å². The van der Waals surface area contributed by atoms with Gasteiger partial charge < -0.3 is 20.6 Å². The van der Waals surface area contributed by atoms with Crippen molar-refractivity contribution >= 4 is 5.84 Å². The van der Waals surface area contributed by atoms with Gasteiger partial charge in [0.05, 0.1) is 7.11 Å². The van der Waals surface area contributed by atoms with Gasteiger partial charge in [0, 0.05) is 25.6 Å². The van der Waals surface area contributed by atoms with Crippen LogP contribution in [0.4, 0.5) is 0 Å². The molecule has 0 bridgehead atoms. The number of hydrogen-bond donors (Lipinski definition) is 2. The highest BCUT2D eigenvalue weighted by Gasteiger charge is 2.10. The highest BCUT2D eigenvalue weighted by Crippen LogP contribution is 2.12. The number of nitrogens with zero attached hydrogens (tertiary/aromatic N) is 2. The van der Waals surface area contributed by atoms with Gasteiger partial charge in [-0.2, -0.15) is 0 Å². The minimum atomic E-state index is 0.278. The molecule has 20 heavy (non-hydrogen) atoms. The van der Waals surface area contributed by atoms with Crippen molar-refractivity contribution in [2.24, 2.45) is 10.9 Å². The van der Waals surface area contributed by atoms with Crippen molar-refractivity contribution in [1.82, 2.24) is 4.90 Å². The van der Waals surface area contributed by atoms with Crippen LogP contribution >= 0.6 is 0 Å². The maximum Gasteiger partial charge on any atom is 0.140 e. The van der Waals surface area contributed by atoms with Crippen molar-refractivity contribution in [3.63, 3.8) is 0 Å². The molecule has 0 saturated carbocycles. The molecule has 5 heteroatoms. The summed E-state index contributed by atoms with van der Waals surface area (Å²) in [6, 6.07) is 8.55. The lowest BCUT2D eigenvalue weighted by molar-refractivity contribution is 0.229. The Morgan fingerprint density at radius 3 is 2.45 bits per heavy atom. The SMILES string of the molecule is COc1ccc(CCN(CCC(N)=NO)C(C)C)cc1. The molecule has 112 valence electrons. The largest absolute Gasteiger partial charge is 0.497 e. The Balaban J connectivity index is 2.49. The average Bonchev–Trinajstić information content (AvgIpc) is 2.47. The highest BCUT2D eigenvalue weighted by molar-refractivity contribution is 5.79. The highest BCUT2D eigenvalue weighted by atomic mass is 16.5. The van der Waals surface area contributed by atoms with Crippen LogP contribution in [0.5, 0.6) is 5.75 Å². The zero-order valence-corrected chi connectivity index (χ0v) is 12.5. The molecule has 0 aromatic heterocycles. The summed E-state index contributed by atoms with van der Waals surface area (Å²) >= 11 is 0. The van der Waals surface area contributed by atoms with Gasteiger partial charge in [-0.1, -0.05) is 17.3 Å². The molecule has 5 nitrogen and oxygen atoms in total. The summed E-state index contributed by atoms with van der Waals surface area (Å²) in [6.45, 7) is 6.05. The Morgan fingerprint density at radius 1 is 1.30 bits per heavy atom. The maximum atomic E-state index is 8.58. The topological polar surface area (TPSA) is 71.1 Å². The van der Waals surface area contributed by atoms with E-state index in [0.717, 1.165) is 25.3 Å². The number of benzene rings is 1. The predicted octanol–water partition coefficient (Wildman–Crippen LogP) is 2.08. The molecule has 0 spiro atoms. The Bertz CT molecular complexity index is 416. The number of ether oxygens (including phenoxy) is 1. The smallest absolute Gasteiger partial charge is 0.140 e. The molecule has 1 aromatic rings. The first-order valence-corrected chi connectivity index (χ1v) is 6.90. The van der Waals surface area contributed by atoms with Gasteiger partial charge in [-0.3, -0.25) is 0 Å². The monoisotopic (exact) mass is 279 g/mol. The number of methoxy groups -OCH3 is 1. The van der Waals surface area contributed by atoms with Gasteiger partial charge in [-0.05, 0) is 38.0 Å². The quantitative estimate of drug-likeness (QED) is 0.331. The standard InChI is InChI=1S/C15H25N3O2/c1-12(2)18(11-9-15(16)17-19)10-8-13-4-6-14(20-3)7-5-13/h4-7,12,19H,8-11H2,1-3H3,(H2,16,17). The molecule has 0 aliphatic rings. The molecule has 0 heterocycles. The van der Waals surface area contributed by atoms with Crippen LogP contribution in [0.3, 0.4) is 0 Å². The number of amidine groups is 1. The van der Waals surface area contributed by atoms with Gasteiger partial charge in [-0.15, -0.1) is 0 Å². The molecule has 0 atom stereocenters. The van der Waals surface area contributed by atoms with E-state index in [4.69, 9.17) is 15.7 Å². The summed E-state index contributed by atoms with van der Waals surface area (Å²) in [4.78, 5) is 2.32. The van der Waals surface area contributed by atoms with E-state index in [-0.39, 0.29) is 5.84 Å². The van der Waals surface area contributed by atoms with E-state index in [1.807, 2.05) is 12.1 Å². The van der Waals surface area contributed by atoms with Gasteiger partial charge in [0.2, 0.25) is 0 Å². The molecule has 1 rings (SSSR count). The third kappa shape index (κ3) is 5.48. The third-order valence-corrected chi connectivity index (χ3v) is 3.36. The van der Waals surface area contributed by atoms with Crippen LogP contribution in [-0.4, -0.2) is 42.2 Å². The number of nitrogens with two attached hydrogens (primary N) is 1. The minimum Gasteiger partial charge on any atom is -0.497 e. The predicted molar refractivity (Wildman–Crippen MR) is 81.4 cm³/mol. The second-order valence-electron chi connectivity index (χ2n) is 5.07. The van der Waals surface area contributed by atoms with Gasteiger partial charge >= 0.3 is 0 Å². The fourth-order valence-electron chi connectivity index (χ4n) is 2.00. The minimum absolute atomic E-state index is 0.278. The second kappa shape index (κ2) is 8.43. The Hall–Kier alpha value is -1.75. The molecule has 0 fully saturated rings. The van der Waals surface area contributed by atoms with Crippen LogP contribution in [0.2, 0.25) is 0 Å². The Morgan fingerprint density at radius 2 is 1.95 bits per heavy atom. The lowest BCUT2D eigenvalue weighted by Crippen LogP contribution is -2.35. The van der Waals surface area contributed by atoms with Crippen molar-refractivity contribution in [2.45, 2.75) is 32.7 Å². The molecular formula is C15H25N3O2. The molecule has 0 aliphatic heterocycles. The molecule has 0 radical (unpaired) electrons. The second-order valence-corrected chi connectivity index (χ2v) is 5.07. The van der Waals surface area contributed by atoms with E-state index in [9.17, 15) is 0 Å². The molecule has 1 aromatic carbocycles. The summed E-state index contributed by atoms with van der Waals surface area (Å²) < 4.78 is 5.15. The fourth-order valence-corrected chi connectivity index (χ4v) is 2.00. The van der Waals surface area contributed by atoms with Gasteiger partial charge in [0.15, 0.2) is 0 Å². The van der Waals surface area contributed by atoms with Crippen molar-refractivity contribution in [3.05, 3.63) is 29.8 Å². The van der Waals surface area contributed by atoms with E-state index in [1.165, 1.54) is 5.56 Å². The number of rotatable bonds is 8. The zero-order valence-electron chi connectivity index (χ0n) is 12.5. The average molecular weight is 279 g/mol. The van der Waals surface area contributed by atoms with E-state index < -0.39 is 0 Å². The van der Waals surface area contributed by atoms with E-state index in [2.05, 4.69) is 36.0 Å². The summed E-state index contributed by atoms with van der Waals surface area (Å²) in [5.74, 6) is 1.15. The lowest BCUT2D eigenvalue weighted by Gasteiger charge is -2.26. The van der Waals surface area contributed by atoms with Crippen LogP contribution in [-0.2, 0) is 6.42 Å².